The monoisotopic (exact) mass is 543 g/mol. The van der Waals surface area contributed by atoms with Crippen molar-refractivity contribution in [1.82, 2.24) is 14.9 Å². The summed E-state index contributed by atoms with van der Waals surface area (Å²) in [6.07, 6.45) is 2.96. The van der Waals surface area contributed by atoms with Crippen molar-refractivity contribution < 1.29 is 19.4 Å². The molecule has 1 fully saturated rings. The number of aliphatic hydroxyl groups excluding tert-OH is 1. The van der Waals surface area contributed by atoms with E-state index in [1.54, 1.807) is 30.1 Å². The standard InChI is InChI=1S/C31H33N3O4S/c1-21-27(20-39-31-32-16-17-34(31)2)37-30(38-28(21)24-12-10-23(19-35)11-13-24)26-14-8-22(9-15-26)18-33-29(36)25-6-4-3-5-7-25/h3-17,21,27-28,30,35H,18-20H2,1-2H3,(H,33,36)/t21-,27+,28+,30+/m0/s1. The lowest BCUT2D eigenvalue weighted by Gasteiger charge is -2.41. The van der Waals surface area contributed by atoms with Crippen LogP contribution in [0, 0.1) is 5.92 Å². The molecule has 1 aliphatic heterocycles. The Morgan fingerprint density at radius 3 is 2.33 bits per heavy atom. The number of aromatic nitrogens is 2. The second-order valence-corrected chi connectivity index (χ2v) is 10.7. The first kappa shape index (κ1) is 27.1. The van der Waals surface area contributed by atoms with Gasteiger partial charge >= 0.3 is 0 Å². The fraction of sp³-hybridized carbons (Fsp3) is 0.290. The molecular formula is C31H33N3O4S. The maximum atomic E-state index is 12.4. The maximum absolute atomic E-state index is 12.4. The molecule has 39 heavy (non-hydrogen) atoms. The van der Waals surface area contributed by atoms with Crippen LogP contribution < -0.4 is 5.32 Å². The number of ether oxygens (including phenoxy) is 2. The number of aryl methyl sites for hydroxylation is 1. The zero-order valence-electron chi connectivity index (χ0n) is 22.1. The number of carbonyl (C=O) groups is 1. The van der Waals surface area contributed by atoms with Gasteiger partial charge in [0.15, 0.2) is 11.4 Å². The van der Waals surface area contributed by atoms with Gasteiger partial charge in [0, 0.05) is 48.8 Å². The van der Waals surface area contributed by atoms with Gasteiger partial charge in [-0.3, -0.25) is 4.79 Å². The minimum absolute atomic E-state index is 0.00811. The highest BCUT2D eigenvalue weighted by Crippen LogP contribution is 2.42. The molecule has 5 rings (SSSR count). The summed E-state index contributed by atoms with van der Waals surface area (Å²) in [7, 11) is 1.99. The van der Waals surface area contributed by atoms with Crippen LogP contribution >= 0.6 is 11.8 Å². The molecule has 3 aromatic carbocycles. The molecule has 0 spiro atoms. The van der Waals surface area contributed by atoms with Crippen molar-refractivity contribution in [3.05, 3.63) is 119 Å². The SMILES string of the molecule is C[C@H]1[C@@H](CSc2nccn2C)O[C@@H](c2ccc(CNC(=O)c3ccccc3)cc2)O[C@H]1c1ccc(CO)cc1. The number of imidazole rings is 1. The number of nitrogens with zero attached hydrogens (tertiary/aromatic N) is 2. The second-order valence-electron chi connectivity index (χ2n) is 9.74. The fourth-order valence-corrected chi connectivity index (χ4v) is 5.72. The van der Waals surface area contributed by atoms with Gasteiger partial charge in [-0.05, 0) is 28.8 Å². The predicted molar refractivity (Wildman–Crippen MR) is 151 cm³/mol. The molecule has 2 heterocycles. The quantitative estimate of drug-likeness (QED) is 0.274. The number of amides is 1. The first-order chi connectivity index (χ1) is 19.0. The van der Waals surface area contributed by atoms with Crippen molar-refractivity contribution in [2.45, 2.75) is 43.7 Å². The number of thioether (sulfide) groups is 1. The van der Waals surface area contributed by atoms with Crippen LogP contribution in [-0.2, 0) is 29.7 Å². The lowest BCUT2D eigenvalue weighted by molar-refractivity contribution is -0.268. The van der Waals surface area contributed by atoms with Crippen molar-refractivity contribution in [3.8, 4) is 0 Å². The van der Waals surface area contributed by atoms with Crippen LogP contribution in [0.1, 0.15) is 51.9 Å². The topological polar surface area (TPSA) is 85.6 Å². The van der Waals surface area contributed by atoms with Crippen LogP contribution in [0.5, 0.6) is 0 Å². The zero-order chi connectivity index (χ0) is 27.2. The number of benzene rings is 3. The Morgan fingerprint density at radius 2 is 1.67 bits per heavy atom. The highest BCUT2D eigenvalue weighted by atomic mass is 32.2. The molecule has 2 N–H and O–H groups in total. The van der Waals surface area contributed by atoms with Crippen LogP contribution in [0.2, 0.25) is 0 Å². The molecule has 1 aliphatic rings. The summed E-state index contributed by atoms with van der Waals surface area (Å²) in [4.78, 5) is 16.8. The lowest BCUT2D eigenvalue weighted by atomic mass is 9.91. The molecule has 4 aromatic rings. The molecule has 4 atom stereocenters. The summed E-state index contributed by atoms with van der Waals surface area (Å²) >= 11 is 1.67. The summed E-state index contributed by atoms with van der Waals surface area (Å²) in [5.41, 5.74) is 4.47. The van der Waals surface area contributed by atoms with Gasteiger partial charge in [0.25, 0.3) is 5.91 Å². The molecule has 1 amide bonds. The van der Waals surface area contributed by atoms with Gasteiger partial charge in [0.2, 0.25) is 0 Å². The number of rotatable bonds is 9. The van der Waals surface area contributed by atoms with E-state index >= 15 is 0 Å². The van der Waals surface area contributed by atoms with E-state index < -0.39 is 6.29 Å². The van der Waals surface area contributed by atoms with Gasteiger partial charge in [0.05, 0.1) is 18.8 Å². The molecule has 0 bridgehead atoms. The average molecular weight is 544 g/mol. The number of hydrogen-bond acceptors (Lipinski definition) is 6. The molecule has 1 saturated heterocycles. The minimum atomic E-state index is -0.538. The predicted octanol–water partition coefficient (Wildman–Crippen LogP) is 5.43. The third-order valence-corrected chi connectivity index (χ3v) is 8.16. The van der Waals surface area contributed by atoms with E-state index in [4.69, 9.17) is 9.47 Å². The van der Waals surface area contributed by atoms with Crippen molar-refractivity contribution in [2.75, 3.05) is 5.75 Å². The largest absolute Gasteiger partial charge is 0.392 e. The smallest absolute Gasteiger partial charge is 0.251 e. The van der Waals surface area contributed by atoms with E-state index in [1.807, 2.05) is 84.5 Å². The molecule has 8 heteroatoms. The third kappa shape index (κ3) is 6.59. The Morgan fingerprint density at radius 1 is 0.974 bits per heavy atom. The van der Waals surface area contributed by atoms with Gasteiger partial charge in [-0.2, -0.15) is 0 Å². The Hall–Kier alpha value is -3.43. The lowest BCUT2D eigenvalue weighted by Crippen LogP contribution is -2.38. The minimum Gasteiger partial charge on any atom is -0.392 e. The van der Waals surface area contributed by atoms with Crippen molar-refractivity contribution >= 4 is 17.7 Å². The number of nitrogens with one attached hydrogen (secondary N) is 1. The fourth-order valence-electron chi connectivity index (χ4n) is 4.62. The van der Waals surface area contributed by atoms with Crippen molar-refractivity contribution in [1.29, 1.82) is 0 Å². The summed E-state index contributed by atoms with van der Waals surface area (Å²) in [5, 5.41) is 13.4. The zero-order valence-corrected chi connectivity index (χ0v) is 22.9. The van der Waals surface area contributed by atoms with Crippen molar-refractivity contribution in [2.24, 2.45) is 13.0 Å². The van der Waals surface area contributed by atoms with E-state index in [-0.39, 0.29) is 30.6 Å². The summed E-state index contributed by atoms with van der Waals surface area (Å²) in [6.45, 7) is 2.59. The van der Waals surface area contributed by atoms with E-state index in [0.717, 1.165) is 33.2 Å². The van der Waals surface area contributed by atoms with E-state index in [2.05, 4.69) is 17.2 Å². The second kappa shape index (κ2) is 12.6. The molecule has 0 unspecified atom stereocenters. The van der Waals surface area contributed by atoms with Crippen LogP contribution in [0.25, 0.3) is 0 Å². The van der Waals surface area contributed by atoms with Gasteiger partial charge in [-0.25, -0.2) is 4.98 Å². The molecule has 1 aromatic heterocycles. The van der Waals surface area contributed by atoms with E-state index in [9.17, 15) is 9.90 Å². The maximum Gasteiger partial charge on any atom is 0.251 e. The Bertz CT molecular complexity index is 1360. The van der Waals surface area contributed by atoms with Crippen LogP contribution in [-0.4, -0.2) is 32.4 Å². The highest BCUT2D eigenvalue weighted by molar-refractivity contribution is 7.99. The molecular weight excluding hydrogens is 510 g/mol. The van der Waals surface area contributed by atoms with Gasteiger partial charge < -0.3 is 24.5 Å². The average Bonchev–Trinajstić information content (AvgIpc) is 3.40. The molecule has 202 valence electrons. The Kier molecular flexibility index (Phi) is 8.78. The summed E-state index contributed by atoms with van der Waals surface area (Å²) < 4.78 is 15.1. The van der Waals surface area contributed by atoms with Crippen LogP contribution in [0.4, 0.5) is 0 Å². The van der Waals surface area contributed by atoms with Gasteiger partial charge in [-0.15, -0.1) is 0 Å². The van der Waals surface area contributed by atoms with Crippen LogP contribution in [0.15, 0.2) is 96.4 Å². The third-order valence-electron chi connectivity index (χ3n) is 7.02. The van der Waals surface area contributed by atoms with E-state index in [1.165, 1.54) is 0 Å². The summed E-state index contributed by atoms with van der Waals surface area (Å²) in [5.74, 6) is 0.734. The molecule has 0 saturated carbocycles. The first-order valence-corrected chi connectivity index (χ1v) is 14.0. The number of hydrogen-bond donors (Lipinski definition) is 2. The molecule has 7 nitrogen and oxygen atoms in total. The van der Waals surface area contributed by atoms with Gasteiger partial charge in [-0.1, -0.05) is 85.4 Å². The first-order valence-electron chi connectivity index (χ1n) is 13.0. The van der Waals surface area contributed by atoms with Gasteiger partial charge in [0.1, 0.15) is 0 Å². The highest BCUT2D eigenvalue weighted by Gasteiger charge is 2.38. The Labute approximate surface area is 233 Å². The number of carbonyl (C=O) groups excluding carboxylic acids is 1. The van der Waals surface area contributed by atoms with Crippen LogP contribution in [0.3, 0.4) is 0 Å². The van der Waals surface area contributed by atoms with Crippen molar-refractivity contribution in [3.63, 3.8) is 0 Å². The number of aliphatic hydroxyl groups is 1. The normalized spacial score (nSPS) is 21.0. The Balaban J connectivity index is 1.30. The molecule has 0 aliphatic carbocycles. The molecule has 0 radical (unpaired) electrons. The van der Waals surface area contributed by atoms with E-state index in [0.29, 0.717) is 12.1 Å². The summed E-state index contributed by atoms with van der Waals surface area (Å²) in [6, 6.07) is 25.1.